The number of nitrogens with one attached hydrogen (secondary N) is 1. The SMILES string of the molecule is CCC1CCC(NC)C(CN(CC)CC(CC)CC)C1. The number of hydrogen-bond acceptors (Lipinski definition) is 2. The molecule has 1 aliphatic rings. The highest BCUT2D eigenvalue weighted by atomic mass is 15.1. The summed E-state index contributed by atoms with van der Waals surface area (Å²) in [5, 5.41) is 3.58. The van der Waals surface area contributed by atoms with E-state index in [2.05, 4.69) is 45.0 Å². The smallest absolute Gasteiger partial charge is 0.0105 e. The Morgan fingerprint density at radius 1 is 1.10 bits per heavy atom. The van der Waals surface area contributed by atoms with E-state index in [1.165, 1.54) is 58.2 Å². The lowest BCUT2D eigenvalue weighted by atomic mass is 9.76. The predicted molar refractivity (Wildman–Crippen MR) is 90.2 cm³/mol. The summed E-state index contributed by atoms with van der Waals surface area (Å²) in [5.74, 6) is 2.71. The van der Waals surface area contributed by atoms with E-state index in [4.69, 9.17) is 0 Å². The Hall–Kier alpha value is -0.0800. The van der Waals surface area contributed by atoms with Crippen molar-refractivity contribution in [2.45, 2.75) is 72.3 Å². The Labute approximate surface area is 127 Å². The minimum atomic E-state index is 0.744. The molecule has 0 amide bonds. The highest BCUT2D eigenvalue weighted by Crippen LogP contribution is 2.32. The highest BCUT2D eigenvalue weighted by Gasteiger charge is 2.30. The van der Waals surface area contributed by atoms with E-state index in [0.29, 0.717) is 0 Å². The molecular weight excluding hydrogens is 244 g/mol. The van der Waals surface area contributed by atoms with Crippen LogP contribution in [-0.2, 0) is 0 Å². The van der Waals surface area contributed by atoms with Crippen LogP contribution in [-0.4, -0.2) is 37.6 Å². The zero-order chi connectivity index (χ0) is 15.0. The molecule has 0 spiro atoms. The summed E-state index contributed by atoms with van der Waals surface area (Å²) in [5.41, 5.74) is 0. The van der Waals surface area contributed by atoms with Crippen molar-refractivity contribution in [2.24, 2.45) is 17.8 Å². The molecular formula is C18H38N2. The molecule has 20 heavy (non-hydrogen) atoms. The first kappa shape index (κ1) is 18.0. The molecule has 0 aromatic rings. The summed E-state index contributed by atoms with van der Waals surface area (Å²) in [6.45, 7) is 13.2. The number of nitrogens with zero attached hydrogens (tertiary/aromatic N) is 1. The first-order valence-corrected chi connectivity index (χ1v) is 9.07. The molecule has 0 radical (unpaired) electrons. The van der Waals surface area contributed by atoms with E-state index in [-0.39, 0.29) is 0 Å². The highest BCUT2D eigenvalue weighted by molar-refractivity contribution is 4.85. The fourth-order valence-corrected chi connectivity index (χ4v) is 3.89. The van der Waals surface area contributed by atoms with Gasteiger partial charge in [0.2, 0.25) is 0 Å². The largest absolute Gasteiger partial charge is 0.317 e. The Kier molecular flexibility index (Phi) is 8.79. The van der Waals surface area contributed by atoms with E-state index in [1.54, 1.807) is 0 Å². The molecule has 0 heterocycles. The third-order valence-corrected chi connectivity index (χ3v) is 5.65. The van der Waals surface area contributed by atoms with Crippen molar-refractivity contribution < 1.29 is 0 Å². The van der Waals surface area contributed by atoms with Crippen molar-refractivity contribution in [3.63, 3.8) is 0 Å². The number of rotatable bonds is 9. The van der Waals surface area contributed by atoms with Crippen LogP contribution in [0.25, 0.3) is 0 Å². The molecule has 2 nitrogen and oxygen atoms in total. The van der Waals surface area contributed by atoms with Crippen LogP contribution in [0.1, 0.15) is 66.2 Å². The molecule has 1 saturated carbocycles. The molecule has 2 heteroatoms. The fraction of sp³-hybridized carbons (Fsp3) is 1.00. The van der Waals surface area contributed by atoms with Gasteiger partial charge in [0.1, 0.15) is 0 Å². The van der Waals surface area contributed by atoms with Gasteiger partial charge in [-0.1, -0.05) is 47.0 Å². The Morgan fingerprint density at radius 2 is 1.80 bits per heavy atom. The maximum Gasteiger partial charge on any atom is 0.0105 e. The van der Waals surface area contributed by atoms with Crippen molar-refractivity contribution in [3.8, 4) is 0 Å². The van der Waals surface area contributed by atoms with E-state index >= 15 is 0 Å². The zero-order valence-electron chi connectivity index (χ0n) is 14.6. The first-order chi connectivity index (χ1) is 9.68. The predicted octanol–water partition coefficient (Wildman–Crippen LogP) is 4.16. The van der Waals surface area contributed by atoms with Gasteiger partial charge in [-0.05, 0) is 50.6 Å². The van der Waals surface area contributed by atoms with Gasteiger partial charge in [-0.25, -0.2) is 0 Å². The summed E-state index contributed by atoms with van der Waals surface area (Å²) in [4.78, 5) is 2.71. The van der Waals surface area contributed by atoms with Crippen molar-refractivity contribution in [3.05, 3.63) is 0 Å². The average Bonchev–Trinajstić information content (AvgIpc) is 2.51. The quantitative estimate of drug-likeness (QED) is 0.683. The summed E-state index contributed by atoms with van der Waals surface area (Å²) in [6, 6.07) is 0.744. The van der Waals surface area contributed by atoms with Crippen LogP contribution < -0.4 is 5.32 Å². The fourth-order valence-electron chi connectivity index (χ4n) is 3.89. The van der Waals surface area contributed by atoms with E-state index in [0.717, 1.165) is 23.8 Å². The van der Waals surface area contributed by atoms with Gasteiger partial charge in [0.05, 0.1) is 0 Å². The Balaban J connectivity index is 2.55. The summed E-state index contributed by atoms with van der Waals surface area (Å²) in [7, 11) is 2.15. The van der Waals surface area contributed by atoms with Crippen LogP contribution in [0, 0.1) is 17.8 Å². The van der Waals surface area contributed by atoms with Crippen molar-refractivity contribution >= 4 is 0 Å². The van der Waals surface area contributed by atoms with Gasteiger partial charge in [0, 0.05) is 19.1 Å². The van der Waals surface area contributed by atoms with Gasteiger partial charge < -0.3 is 10.2 Å². The first-order valence-electron chi connectivity index (χ1n) is 9.07. The van der Waals surface area contributed by atoms with Crippen LogP contribution in [0.15, 0.2) is 0 Å². The van der Waals surface area contributed by atoms with Crippen LogP contribution in [0.4, 0.5) is 0 Å². The summed E-state index contributed by atoms with van der Waals surface area (Å²) < 4.78 is 0. The average molecular weight is 283 g/mol. The molecule has 1 N–H and O–H groups in total. The van der Waals surface area contributed by atoms with E-state index < -0.39 is 0 Å². The van der Waals surface area contributed by atoms with Crippen LogP contribution >= 0.6 is 0 Å². The van der Waals surface area contributed by atoms with Gasteiger partial charge in [0.15, 0.2) is 0 Å². The molecule has 120 valence electrons. The summed E-state index contributed by atoms with van der Waals surface area (Å²) >= 11 is 0. The molecule has 3 atom stereocenters. The molecule has 0 saturated heterocycles. The van der Waals surface area contributed by atoms with Gasteiger partial charge in [-0.15, -0.1) is 0 Å². The third kappa shape index (κ3) is 5.37. The lowest BCUT2D eigenvalue weighted by molar-refractivity contribution is 0.131. The molecule has 1 rings (SSSR count). The van der Waals surface area contributed by atoms with Crippen molar-refractivity contribution in [1.29, 1.82) is 0 Å². The van der Waals surface area contributed by atoms with Crippen LogP contribution in [0.3, 0.4) is 0 Å². The van der Waals surface area contributed by atoms with Gasteiger partial charge >= 0.3 is 0 Å². The monoisotopic (exact) mass is 282 g/mol. The molecule has 1 fully saturated rings. The Morgan fingerprint density at radius 3 is 2.30 bits per heavy atom. The maximum atomic E-state index is 3.58. The van der Waals surface area contributed by atoms with Crippen LogP contribution in [0.2, 0.25) is 0 Å². The molecule has 0 bridgehead atoms. The van der Waals surface area contributed by atoms with E-state index in [9.17, 15) is 0 Å². The molecule has 0 aromatic heterocycles. The van der Waals surface area contributed by atoms with Crippen LogP contribution in [0.5, 0.6) is 0 Å². The minimum Gasteiger partial charge on any atom is -0.317 e. The molecule has 1 aliphatic carbocycles. The second kappa shape index (κ2) is 9.78. The number of hydrogen-bond donors (Lipinski definition) is 1. The van der Waals surface area contributed by atoms with Crippen molar-refractivity contribution in [1.82, 2.24) is 10.2 Å². The van der Waals surface area contributed by atoms with Gasteiger partial charge in [0.25, 0.3) is 0 Å². The second-order valence-corrected chi connectivity index (χ2v) is 6.78. The van der Waals surface area contributed by atoms with Gasteiger partial charge in [-0.3, -0.25) is 0 Å². The second-order valence-electron chi connectivity index (χ2n) is 6.78. The third-order valence-electron chi connectivity index (χ3n) is 5.65. The maximum absolute atomic E-state index is 3.58. The van der Waals surface area contributed by atoms with Crippen molar-refractivity contribution in [2.75, 3.05) is 26.7 Å². The standard InChI is InChI=1S/C18H38N2/c1-6-15(7-2)13-20(9-4)14-17-12-16(8-3)10-11-18(17)19-5/h15-19H,6-14H2,1-5H3. The topological polar surface area (TPSA) is 15.3 Å². The lowest BCUT2D eigenvalue weighted by Gasteiger charge is -2.39. The molecule has 0 aliphatic heterocycles. The summed E-state index contributed by atoms with van der Waals surface area (Å²) in [6.07, 6.45) is 8.25. The minimum absolute atomic E-state index is 0.744. The van der Waals surface area contributed by atoms with E-state index in [1.807, 2.05) is 0 Å². The molecule has 0 aromatic carbocycles. The zero-order valence-corrected chi connectivity index (χ0v) is 14.6. The lowest BCUT2D eigenvalue weighted by Crippen LogP contribution is -2.45. The normalized spacial score (nSPS) is 27.4. The Bertz CT molecular complexity index is 238. The molecule has 3 unspecified atom stereocenters. The van der Waals surface area contributed by atoms with Gasteiger partial charge in [-0.2, -0.15) is 0 Å².